The van der Waals surface area contributed by atoms with Crippen molar-refractivity contribution in [2.75, 3.05) is 54.1 Å². The highest BCUT2D eigenvalue weighted by Crippen LogP contribution is 2.43. The third-order valence-electron chi connectivity index (χ3n) is 10.7. The highest BCUT2D eigenvalue weighted by molar-refractivity contribution is 7.47. The number of hydrogen-bond acceptors (Lipinski definition) is 6. The lowest BCUT2D eigenvalue weighted by atomic mass is 10.0. The van der Waals surface area contributed by atoms with Crippen LogP contribution in [0.3, 0.4) is 0 Å². The van der Waals surface area contributed by atoms with Crippen LogP contribution in [0.15, 0.2) is 0 Å². The van der Waals surface area contributed by atoms with Crippen LogP contribution in [-0.2, 0) is 27.9 Å². The summed E-state index contributed by atoms with van der Waals surface area (Å²) in [5, 5.41) is 0. The molecular weight excluding hydrogens is 709 g/mol. The van der Waals surface area contributed by atoms with Crippen molar-refractivity contribution in [2.45, 2.75) is 238 Å². The quantitative estimate of drug-likeness (QED) is 0.0284. The van der Waals surface area contributed by atoms with Gasteiger partial charge in [-0.15, -0.1) is 0 Å². The first-order valence-electron chi connectivity index (χ1n) is 23.8. The predicted octanol–water partition coefficient (Wildman–Crippen LogP) is 14.1. The minimum atomic E-state index is -4.27. The molecule has 9 heteroatoms. The number of rotatable bonds is 45. The van der Waals surface area contributed by atoms with Crippen LogP contribution in [0.5, 0.6) is 0 Å². The third kappa shape index (κ3) is 44.4. The van der Waals surface area contributed by atoms with E-state index < -0.39 is 13.9 Å². The maximum atomic E-state index is 12.7. The van der Waals surface area contributed by atoms with Crippen LogP contribution in [0.25, 0.3) is 0 Å². The van der Waals surface area contributed by atoms with Crippen molar-refractivity contribution in [2.24, 2.45) is 0 Å². The standard InChI is InChI=1S/C46H94NO7P/c1-6-8-10-12-14-16-18-20-21-22-23-24-25-26-27-28-29-31-33-35-37-39-46(48)54-45(44-53-55(49,50)52-42-40-47(3,4)5)43-51-41-38-36-34-32-30-19-17-15-13-11-9-7-2/h45H,6-44H2,1-5H3/p+1. The minimum Gasteiger partial charge on any atom is -0.457 e. The van der Waals surface area contributed by atoms with Gasteiger partial charge in [-0.3, -0.25) is 13.8 Å². The van der Waals surface area contributed by atoms with Crippen molar-refractivity contribution in [3.05, 3.63) is 0 Å². The second-order valence-corrected chi connectivity index (χ2v) is 19.0. The highest BCUT2D eigenvalue weighted by Gasteiger charge is 2.26. The summed E-state index contributed by atoms with van der Waals surface area (Å²) in [6.07, 6.45) is 42.8. The fourth-order valence-electron chi connectivity index (χ4n) is 6.97. The van der Waals surface area contributed by atoms with Crippen LogP contribution in [0.4, 0.5) is 0 Å². The lowest BCUT2D eigenvalue weighted by molar-refractivity contribution is -0.870. The Morgan fingerprint density at radius 3 is 1.20 bits per heavy atom. The minimum absolute atomic E-state index is 0.0939. The van der Waals surface area contributed by atoms with E-state index >= 15 is 0 Å². The maximum Gasteiger partial charge on any atom is 0.472 e. The van der Waals surface area contributed by atoms with Crippen molar-refractivity contribution < 1.29 is 37.3 Å². The molecule has 0 bridgehead atoms. The molecule has 0 aliphatic carbocycles. The number of carbonyl (C=O) groups excluding carboxylic acids is 1. The molecule has 2 unspecified atom stereocenters. The van der Waals surface area contributed by atoms with Crippen molar-refractivity contribution >= 4 is 13.8 Å². The summed E-state index contributed by atoms with van der Waals surface area (Å²) in [4.78, 5) is 22.9. The number of hydrogen-bond donors (Lipinski definition) is 1. The van der Waals surface area contributed by atoms with E-state index in [4.69, 9.17) is 18.5 Å². The van der Waals surface area contributed by atoms with Gasteiger partial charge in [0.1, 0.15) is 19.3 Å². The summed E-state index contributed by atoms with van der Waals surface area (Å²) in [6.45, 7) is 5.68. The summed E-state index contributed by atoms with van der Waals surface area (Å²) in [5.41, 5.74) is 0. The summed E-state index contributed by atoms with van der Waals surface area (Å²) >= 11 is 0. The van der Waals surface area contributed by atoms with Gasteiger partial charge in [0.2, 0.25) is 0 Å². The number of unbranched alkanes of at least 4 members (excludes halogenated alkanes) is 31. The second-order valence-electron chi connectivity index (χ2n) is 17.5. The Morgan fingerprint density at radius 2 is 0.836 bits per heavy atom. The summed E-state index contributed by atoms with van der Waals surface area (Å²) in [7, 11) is 1.69. The molecule has 0 aromatic rings. The number of ether oxygens (including phenoxy) is 2. The van der Waals surface area contributed by atoms with Gasteiger partial charge >= 0.3 is 13.8 Å². The Labute approximate surface area is 342 Å². The van der Waals surface area contributed by atoms with Crippen molar-refractivity contribution in [1.29, 1.82) is 0 Å². The van der Waals surface area contributed by atoms with Crippen LogP contribution < -0.4 is 0 Å². The number of quaternary nitrogens is 1. The molecule has 0 aromatic carbocycles. The molecule has 8 nitrogen and oxygen atoms in total. The topological polar surface area (TPSA) is 91.3 Å². The zero-order valence-corrected chi connectivity index (χ0v) is 38.3. The van der Waals surface area contributed by atoms with Crippen molar-refractivity contribution in [1.82, 2.24) is 0 Å². The zero-order valence-electron chi connectivity index (χ0n) is 37.4. The van der Waals surface area contributed by atoms with Gasteiger partial charge in [-0.05, 0) is 12.8 Å². The van der Waals surface area contributed by atoms with Crippen molar-refractivity contribution in [3.63, 3.8) is 0 Å². The van der Waals surface area contributed by atoms with Gasteiger partial charge in [-0.1, -0.05) is 213 Å². The van der Waals surface area contributed by atoms with E-state index in [0.29, 0.717) is 24.1 Å². The van der Waals surface area contributed by atoms with E-state index in [-0.39, 0.29) is 25.8 Å². The molecule has 55 heavy (non-hydrogen) atoms. The summed E-state index contributed by atoms with van der Waals surface area (Å²) in [5.74, 6) is -0.306. The summed E-state index contributed by atoms with van der Waals surface area (Å²) in [6, 6.07) is 0. The number of esters is 1. The Kier molecular flexibility index (Phi) is 39.9. The van der Waals surface area contributed by atoms with Crippen LogP contribution in [0.2, 0.25) is 0 Å². The van der Waals surface area contributed by atoms with Gasteiger partial charge in [-0.25, -0.2) is 4.57 Å². The molecular formula is C46H95NO7P+. The van der Waals surface area contributed by atoms with E-state index in [2.05, 4.69) is 13.8 Å². The van der Waals surface area contributed by atoms with E-state index in [1.54, 1.807) is 0 Å². The molecule has 330 valence electrons. The first kappa shape index (κ1) is 54.5. The number of likely N-dealkylation sites (N-methyl/N-ethyl adjacent to an activating group) is 1. The number of nitrogens with zero attached hydrogens (tertiary/aromatic N) is 1. The molecule has 0 heterocycles. The number of phosphoric ester groups is 1. The fourth-order valence-corrected chi connectivity index (χ4v) is 7.71. The lowest BCUT2D eigenvalue weighted by Gasteiger charge is -2.24. The average Bonchev–Trinajstić information content (AvgIpc) is 3.13. The van der Waals surface area contributed by atoms with Crippen LogP contribution in [-0.4, -0.2) is 75.6 Å². The van der Waals surface area contributed by atoms with E-state index in [1.807, 2.05) is 21.1 Å². The molecule has 2 atom stereocenters. The normalized spacial score (nSPS) is 13.6. The van der Waals surface area contributed by atoms with Crippen LogP contribution in [0, 0.1) is 0 Å². The molecule has 0 spiro atoms. The first-order valence-corrected chi connectivity index (χ1v) is 25.3. The smallest absolute Gasteiger partial charge is 0.457 e. The third-order valence-corrected chi connectivity index (χ3v) is 11.7. The lowest BCUT2D eigenvalue weighted by Crippen LogP contribution is -2.37. The van der Waals surface area contributed by atoms with Gasteiger partial charge in [0.15, 0.2) is 0 Å². The average molecular weight is 805 g/mol. The molecule has 0 aliphatic heterocycles. The molecule has 0 fully saturated rings. The predicted molar refractivity (Wildman–Crippen MR) is 234 cm³/mol. The largest absolute Gasteiger partial charge is 0.472 e. The Hall–Kier alpha value is -0.500. The molecule has 0 rings (SSSR count). The van der Waals surface area contributed by atoms with Crippen LogP contribution in [0.1, 0.15) is 232 Å². The monoisotopic (exact) mass is 805 g/mol. The maximum absolute atomic E-state index is 12.7. The molecule has 0 amide bonds. The summed E-state index contributed by atoms with van der Waals surface area (Å²) < 4.78 is 35.0. The second kappa shape index (κ2) is 40.3. The molecule has 0 radical (unpaired) electrons. The highest BCUT2D eigenvalue weighted by atomic mass is 31.2. The Balaban J connectivity index is 4.08. The molecule has 1 N–H and O–H groups in total. The van der Waals surface area contributed by atoms with Crippen molar-refractivity contribution in [3.8, 4) is 0 Å². The SMILES string of the molecule is CCCCCCCCCCCCCCCCCCCCCCCC(=O)OC(COCCCCCCCCCCCCCC)COP(=O)(O)OCC[N+](C)(C)C. The molecule has 0 aliphatic rings. The molecule has 0 saturated heterocycles. The van der Waals surface area contributed by atoms with Gasteiger partial charge < -0.3 is 18.9 Å². The molecule has 0 aromatic heterocycles. The number of carbonyl (C=O) groups is 1. The number of phosphoric acid groups is 1. The Morgan fingerprint density at radius 1 is 0.491 bits per heavy atom. The van der Waals surface area contributed by atoms with Gasteiger partial charge in [-0.2, -0.15) is 0 Å². The Bertz CT molecular complexity index is 853. The van der Waals surface area contributed by atoms with E-state index in [0.717, 1.165) is 32.1 Å². The fraction of sp³-hybridized carbons (Fsp3) is 0.978. The van der Waals surface area contributed by atoms with Crippen LogP contribution >= 0.6 is 7.82 Å². The van der Waals surface area contributed by atoms with E-state index in [1.165, 1.54) is 180 Å². The molecule has 0 saturated carbocycles. The first-order chi connectivity index (χ1) is 26.6. The van der Waals surface area contributed by atoms with Gasteiger partial charge in [0, 0.05) is 13.0 Å². The van der Waals surface area contributed by atoms with Gasteiger partial charge in [0.05, 0.1) is 34.4 Å². The van der Waals surface area contributed by atoms with E-state index in [9.17, 15) is 14.3 Å². The zero-order chi connectivity index (χ0) is 40.6. The van der Waals surface area contributed by atoms with Gasteiger partial charge in [0.25, 0.3) is 0 Å².